The number of carbonyl (C=O) groups excluding carboxylic acids is 1. The van der Waals surface area contributed by atoms with E-state index in [1.54, 1.807) is 13.0 Å². The number of aromatic hydroxyl groups is 1. The van der Waals surface area contributed by atoms with Gasteiger partial charge in [0, 0.05) is 29.3 Å². The lowest BCUT2D eigenvalue weighted by molar-refractivity contribution is -0.104. The van der Waals surface area contributed by atoms with Crippen molar-refractivity contribution in [3.8, 4) is 17.2 Å². The molecule has 2 rings (SSSR count). The highest BCUT2D eigenvalue weighted by Crippen LogP contribution is 2.34. The van der Waals surface area contributed by atoms with Crippen molar-refractivity contribution in [2.24, 2.45) is 0 Å². The van der Waals surface area contributed by atoms with Crippen molar-refractivity contribution in [3.63, 3.8) is 0 Å². The van der Waals surface area contributed by atoms with Gasteiger partial charge in [-0.1, -0.05) is 30.3 Å². The Balaban J connectivity index is 2.38. The molecular formula is C18H18O4. The lowest BCUT2D eigenvalue weighted by Crippen LogP contribution is -1.99. The number of aldehydes is 1. The SMILES string of the molecule is CCOc1cc(O)c(C)c(O/C(=C\C=O)c2ccccc2)c1. The van der Waals surface area contributed by atoms with Crippen molar-refractivity contribution in [3.05, 3.63) is 59.7 Å². The Morgan fingerprint density at radius 1 is 1.23 bits per heavy atom. The van der Waals surface area contributed by atoms with Crippen LogP contribution in [0.4, 0.5) is 0 Å². The third-order valence-electron chi connectivity index (χ3n) is 3.11. The average Bonchev–Trinajstić information content (AvgIpc) is 2.52. The zero-order chi connectivity index (χ0) is 15.9. The van der Waals surface area contributed by atoms with E-state index < -0.39 is 0 Å². The van der Waals surface area contributed by atoms with Crippen LogP contribution in [0.1, 0.15) is 18.1 Å². The molecular weight excluding hydrogens is 280 g/mol. The number of benzene rings is 2. The summed E-state index contributed by atoms with van der Waals surface area (Å²) in [4.78, 5) is 10.9. The molecule has 1 N–H and O–H groups in total. The Morgan fingerprint density at radius 2 is 1.95 bits per heavy atom. The largest absolute Gasteiger partial charge is 0.507 e. The summed E-state index contributed by atoms with van der Waals surface area (Å²) in [6.45, 7) is 4.08. The summed E-state index contributed by atoms with van der Waals surface area (Å²) < 4.78 is 11.2. The van der Waals surface area contributed by atoms with Crippen LogP contribution >= 0.6 is 0 Å². The van der Waals surface area contributed by atoms with Gasteiger partial charge in [-0.15, -0.1) is 0 Å². The molecule has 0 spiro atoms. The van der Waals surface area contributed by atoms with Crippen molar-refractivity contribution < 1.29 is 19.4 Å². The number of hydrogen-bond acceptors (Lipinski definition) is 4. The fourth-order valence-corrected chi connectivity index (χ4v) is 1.98. The van der Waals surface area contributed by atoms with Crippen molar-refractivity contribution in [2.75, 3.05) is 6.61 Å². The van der Waals surface area contributed by atoms with Gasteiger partial charge in [-0.25, -0.2) is 0 Å². The summed E-state index contributed by atoms with van der Waals surface area (Å²) in [5.74, 6) is 1.45. The fourth-order valence-electron chi connectivity index (χ4n) is 1.98. The summed E-state index contributed by atoms with van der Waals surface area (Å²) in [5.41, 5.74) is 1.35. The highest BCUT2D eigenvalue weighted by molar-refractivity contribution is 5.79. The van der Waals surface area contributed by atoms with Crippen LogP contribution in [-0.4, -0.2) is 18.0 Å². The second kappa shape index (κ2) is 7.31. The minimum atomic E-state index is 0.0828. The molecule has 2 aromatic carbocycles. The highest BCUT2D eigenvalue weighted by Gasteiger charge is 2.12. The number of hydrogen-bond donors (Lipinski definition) is 1. The van der Waals surface area contributed by atoms with E-state index in [0.29, 0.717) is 35.7 Å². The Labute approximate surface area is 129 Å². The zero-order valence-corrected chi connectivity index (χ0v) is 12.6. The van der Waals surface area contributed by atoms with Crippen LogP contribution < -0.4 is 9.47 Å². The first-order valence-corrected chi connectivity index (χ1v) is 7.00. The normalized spacial score (nSPS) is 11.1. The first-order valence-electron chi connectivity index (χ1n) is 7.00. The van der Waals surface area contributed by atoms with E-state index in [9.17, 15) is 9.90 Å². The molecule has 0 atom stereocenters. The van der Waals surface area contributed by atoms with Crippen LogP contribution in [0.15, 0.2) is 48.5 Å². The number of rotatable bonds is 6. The first kappa shape index (κ1) is 15.6. The topological polar surface area (TPSA) is 55.8 Å². The van der Waals surface area contributed by atoms with Gasteiger partial charge in [0.05, 0.1) is 6.61 Å². The molecule has 0 radical (unpaired) electrons. The quantitative estimate of drug-likeness (QED) is 0.502. The van der Waals surface area contributed by atoms with Crippen LogP contribution in [0.25, 0.3) is 5.76 Å². The van der Waals surface area contributed by atoms with Crippen LogP contribution in [0.2, 0.25) is 0 Å². The van der Waals surface area contributed by atoms with E-state index in [4.69, 9.17) is 9.47 Å². The van der Waals surface area contributed by atoms with Crippen molar-refractivity contribution in [1.82, 2.24) is 0 Å². The summed E-state index contributed by atoms with van der Waals surface area (Å²) in [7, 11) is 0. The minimum Gasteiger partial charge on any atom is -0.507 e. The summed E-state index contributed by atoms with van der Waals surface area (Å²) >= 11 is 0. The van der Waals surface area contributed by atoms with Crippen LogP contribution in [0, 0.1) is 6.92 Å². The van der Waals surface area contributed by atoms with Crippen LogP contribution in [-0.2, 0) is 4.79 Å². The molecule has 0 aliphatic rings. The molecule has 0 saturated carbocycles. The highest BCUT2D eigenvalue weighted by atomic mass is 16.5. The van der Waals surface area contributed by atoms with Crippen LogP contribution in [0.3, 0.4) is 0 Å². The second-order valence-electron chi connectivity index (χ2n) is 4.63. The molecule has 0 fully saturated rings. The van der Waals surface area contributed by atoms with E-state index in [1.807, 2.05) is 37.3 Å². The first-order chi connectivity index (χ1) is 10.7. The molecule has 2 aromatic rings. The molecule has 0 aliphatic carbocycles. The van der Waals surface area contributed by atoms with Gasteiger partial charge in [0.25, 0.3) is 0 Å². The maximum Gasteiger partial charge on any atom is 0.146 e. The predicted octanol–water partition coefficient (Wildman–Crippen LogP) is 3.72. The lowest BCUT2D eigenvalue weighted by Gasteiger charge is -2.14. The summed E-state index contributed by atoms with van der Waals surface area (Å²) in [5, 5.41) is 9.97. The molecule has 0 bridgehead atoms. The number of ether oxygens (including phenoxy) is 2. The molecule has 0 saturated heterocycles. The molecule has 0 aromatic heterocycles. The van der Waals surface area contributed by atoms with Gasteiger partial charge in [0.15, 0.2) is 0 Å². The maximum absolute atomic E-state index is 10.9. The maximum atomic E-state index is 10.9. The number of phenols is 1. The molecule has 4 heteroatoms. The minimum absolute atomic E-state index is 0.0828. The smallest absolute Gasteiger partial charge is 0.146 e. The molecule has 0 aliphatic heterocycles. The van der Waals surface area contributed by atoms with Crippen LogP contribution in [0.5, 0.6) is 17.2 Å². The van der Waals surface area contributed by atoms with Gasteiger partial charge < -0.3 is 14.6 Å². The van der Waals surface area contributed by atoms with Gasteiger partial charge >= 0.3 is 0 Å². The molecule has 0 unspecified atom stereocenters. The third kappa shape index (κ3) is 3.67. The molecule has 0 heterocycles. The van der Waals surface area contributed by atoms with Crippen molar-refractivity contribution >= 4 is 12.0 Å². The monoisotopic (exact) mass is 298 g/mol. The number of allylic oxidation sites excluding steroid dienone is 1. The van der Waals surface area contributed by atoms with Gasteiger partial charge in [-0.2, -0.15) is 0 Å². The Hall–Kier alpha value is -2.75. The van der Waals surface area contributed by atoms with Gasteiger partial charge in [0.1, 0.15) is 29.3 Å². The van der Waals surface area contributed by atoms with Gasteiger partial charge in [-0.3, -0.25) is 4.79 Å². The molecule has 114 valence electrons. The standard InChI is InChI=1S/C18H18O4/c1-3-21-15-11-16(20)13(2)18(12-15)22-17(9-10-19)14-7-5-4-6-8-14/h4-12,20H,3H2,1-2H3/b17-9-. The summed E-state index contributed by atoms with van der Waals surface area (Å²) in [6.07, 6.45) is 2.02. The Morgan fingerprint density at radius 3 is 2.59 bits per heavy atom. The Bertz CT molecular complexity index is 675. The van der Waals surface area contributed by atoms with E-state index in [2.05, 4.69) is 0 Å². The predicted molar refractivity (Wildman–Crippen MR) is 85.1 cm³/mol. The summed E-state index contributed by atoms with van der Waals surface area (Å²) in [6, 6.07) is 12.5. The number of carbonyl (C=O) groups is 1. The number of phenolic OH excluding ortho intramolecular Hbond substituents is 1. The second-order valence-corrected chi connectivity index (χ2v) is 4.63. The average molecular weight is 298 g/mol. The third-order valence-corrected chi connectivity index (χ3v) is 3.11. The van der Waals surface area contributed by atoms with Gasteiger partial charge in [-0.05, 0) is 13.8 Å². The van der Waals surface area contributed by atoms with E-state index in [-0.39, 0.29) is 5.75 Å². The fraction of sp³-hybridized carbons (Fsp3) is 0.167. The van der Waals surface area contributed by atoms with E-state index >= 15 is 0 Å². The van der Waals surface area contributed by atoms with Crippen molar-refractivity contribution in [1.29, 1.82) is 0 Å². The van der Waals surface area contributed by atoms with E-state index in [0.717, 1.165) is 5.56 Å². The molecule has 22 heavy (non-hydrogen) atoms. The van der Waals surface area contributed by atoms with E-state index in [1.165, 1.54) is 12.1 Å². The molecule has 4 nitrogen and oxygen atoms in total. The van der Waals surface area contributed by atoms with Gasteiger partial charge in [0.2, 0.25) is 0 Å². The van der Waals surface area contributed by atoms with Crippen molar-refractivity contribution in [2.45, 2.75) is 13.8 Å². The molecule has 0 amide bonds. The zero-order valence-electron chi connectivity index (χ0n) is 12.6. The lowest BCUT2D eigenvalue weighted by atomic mass is 10.1. The Kier molecular flexibility index (Phi) is 5.20.